The number of nitrogens with zero attached hydrogens (tertiary/aromatic N) is 1. The van der Waals surface area contributed by atoms with Crippen LogP contribution >= 0.6 is 0 Å². The van der Waals surface area contributed by atoms with Gasteiger partial charge in [0, 0.05) is 34.6 Å². The van der Waals surface area contributed by atoms with Gasteiger partial charge in [-0.05, 0) is 23.6 Å². The summed E-state index contributed by atoms with van der Waals surface area (Å²) in [6.45, 7) is 0. The Hall–Kier alpha value is -2.68. The molecule has 3 rings (SSSR count). The van der Waals surface area contributed by atoms with E-state index in [0.717, 1.165) is 10.8 Å². The van der Waals surface area contributed by atoms with Crippen LogP contribution in [0.2, 0.25) is 0 Å². The number of pyridine rings is 1. The molecule has 0 atom stereocenters. The number of anilines is 1. The summed E-state index contributed by atoms with van der Waals surface area (Å²) in [7, 11) is 0. The molecule has 3 heteroatoms. The number of carbonyl (C=O) groups excluding carboxylic acids is 1. The van der Waals surface area contributed by atoms with Crippen LogP contribution in [0, 0.1) is 0 Å². The first-order valence-electron chi connectivity index (χ1n) is 5.99. The third-order valence-corrected chi connectivity index (χ3v) is 3.08. The summed E-state index contributed by atoms with van der Waals surface area (Å²) in [5.41, 5.74) is 7.55. The lowest BCUT2D eigenvalue weighted by Crippen LogP contribution is -2.03. The van der Waals surface area contributed by atoms with Gasteiger partial charge in [0.2, 0.25) is 0 Å². The van der Waals surface area contributed by atoms with Gasteiger partial charge in [-0.2, -0.15) is 0 Å². The van der Waals surface area contributed by atoms with Crippen molar-refractivity contribution >= 4 is 22.2 Å². The fourth-order valence-corrected chi connectivity index (χ4v) is 2.15. The molecular weight excluding hydrogens is 236 g/mol. The highest BCUT2D eigenvalue weighted by atomic mass is 16.1. The Labute approximate surface area is 110 Å². The molecule has 0 radical (unpaired) electrons. The molecule has 0 fully saturated rings. The second-order valence-corrected chi connectivity index (χ2v) is 4.36. The molecular formula is C16H12N2O. The van der Waals surface area contributed by atoms with Gasteiger partial charge in [0.1, 0.15) is 0 Å². The van der Waals surface area contributed by atoms with Crippen molar-refractivity contribution in [1.82, 2.24) is 4.98 Å². The molecule has 0 aliphatic heterocycles. The van der Waals surface area contributed by atoms with Gasteiger partial charge in [-0.15, -0.1) is 0 Å². The van der Waals surface area contributed by atoms with Gasteiger partial charge in [0.05, 0.1) is 0 Å². The monoisotopic (exact) mass is 248 g/mol. The van der Waals surface area contributed by atoms with Crippen molar-refractivity contribution in [3.8, 4) is 0 Å². The van der Waals surface area contributed by atoms with Gasteiger partial charge >= 0.3 is 0 Å². The SMILES string of the molecule is Nc1cccc(C(=O)c2cccc3ccncc23)c1. The minimum absolute atomic E-state index is 0.0362. The van der Waals surface area contributed by atoms with Crippen LogP contribution in [-0.4, -0.2) is 10.8 Å². The summed E-state index contributed by atoms with van der Waals surface area (Å²) >= 11 is 0. The Kier molecular flexibility index (Phi) is 2.72. The first kappa shape index (κ1) is 11.4. The van der Waals surface area contributed by atoms with Crippen LogP contribution in [-0.2, 0) is 0 Å². The van der Waals surface area contributed by atoms with Crippen molar-refractivity contribution in [2.45, 2.75) is 0 Å². The third kappa shape index (κ3) is 2.06. The minimum atomic E-state index is -0.0362. The van der Waals surface area contributed by atoms with Gasteiger partial charge in [-0.3, -0.25) is 9.78 Å². The van der Waals surface area contributed by atoms with Crippen molar-refractivity contribution in [1.29, 1.82) is 0 Å². The number of hydrogen-bond donors (Lipinski definition) is 1. The van der Waals surface area contributed by atoms with Crippen LogP contribution in [0.25, 0.3) is 10.8 Å². The lowest BCUT2D eigenvalue weighted by Gasteiger charge is -2.06. The minimum Gasteiger partial charge on any atom is -0.399 e. The molecule has 0 saturated heterocycles. The van der Waals surface area contributed by atoms with Crippen LogP contribution in [0.15, 0.2) is 60.9 Å². The van der Waals surface area contributed by atoms with Crippen LogP contribution < -0.4 is 5.73 Å². The van der Waals surface area contributed by atoms with E-state index in [1.54, 1.807) is 36.7 Å². The zero-order chi connectivity index (χ0) is 13.2. The van der Waals surface area contributed by atoms with Crippen molar-refractivity contribution in [3.05, 3.63) is 72.1 Å². The van der Waals surface area contributed by atoms with E-state index >= 15 is 0 Å². The fourth-order valence-electron chi connectivity index (χ4n) is 2.15. The largest absolute Gasteiger partial charge is 0.399 e. The van der Waals surface area contributed by atoms with Crippen LogP contribution in [0.4, 0.5) is 5.69 Å². The maximum Gasteiger partial charge on any atom is 0.193 e. The number of fused-ring (bicyclic) bond motifs is 1. The number of nitrogen functional groups attached to an aromatic ring is 1. The number of aromatic nitrogens is 1. The summed E-state index contributed by atoms with van der Waals surface area (Å²) in [4.78, 5) is 16.6. The second-order valence-electron chi connectivity index (χ2n) is 4.36. The molecule has 2 N–H and O–H groups in total. The number of hydrogen-bond acceptors (Lipinski definition) is 3. The molecule has 2 aromatic carbocycles. The van der Waals surface area contributed by atoms with Gasteiger partial charge in [0.15, 0.2) is 5.78 Å². The summed E-state index contributed by atoms with van der Waals surface area (Å²) in [5.74, 6) is -0.0362. The maximum atomic E-state index is 12.5. The van der Waals surface area contributed by atoms with Gasteiger partial charge < -0.3 is 5.73 Å². The van der Waals surface area contributed by atoms with E-state index in [4.69, 9.17) is 5.73 Å². The van der Waals surface area contributed by atoms with Crippen molar-refractivity contribution in [2.24, 2.45) is 0 Å². The molecule has 19 heavy (non-hydrogen) atoms. The number of rotatable bonds is 2. The molecule has 0 bridgehead atoms. The number of nitrogens with two attached hydrogens (primary N) is 1. The third-order valence-electron chi connectivity index (χ3n) is 3.08. The molecule has 1 heterocycles. The lowest BCUT2D eigenvalue weighted by atomic mass is 9.98. The quantitative estimate of drug-likeness (QED) is 0.560. The number of benzene rings is 2. The summed E-state index contributed by atoms with van der Waals surface area (Å²) in [6, 6.07) is 14.6. The van der Waals surface area contributed by atoms with Crippen LogP contribution in [0.3, 0.4) is 0 Å². The molecule has 3 aromatic rings. The Morgan fingerprint density at radius 3 is 2.74 bits per heavy atom. The molecule has 0 amide bonds. The van der Waals surface area contributed by atoms with Crippen molar-refractivity contribution in [2.75, 3.05) is 5.73 Å². The smallest absolute Gasteiger partial charge is 0.193 e. The van der Waals surface area contributed by atoms with Crippen LogP contribution in [0.1, 0.15) is 15.9 Å². The number of ketones is 1. The highest BCUT2D eigenvalue weighted by molar-refractivity contribution is 6.16. The fraction of sp³-hybridized carbons (Fsp3) is 0. The van der Waals surface area contributed by atoms with E-state index in [-0.39, 0.29) is 5.78 Å². The average molecular weight is 248 g/mol. The Morgan fingerprint density at radius 1 is 1.05 bits per heavy atom. The highest BCUT2D eigenvalue weighted by Crippen LogP contribution is 2.21. The Balaban J connectivity index is 2.17. The topological polar surface area (TPSA) is 56.0 Å². The van der Waals surface area contributed by atoms with E-state index in [0.29, 0.717) is 16.8 Å². The van der Waals surface area contributed by atoms with E-state index in [2.05, 4.69) is 4.98 Å². The zero-order valence-corrected chi connectivity index (χ0v) is 10.2. The molecule has 0 unspecified atom stereocenters. The molecule has 0 saturated carbocycles. The first-order chi connectivity index (χ1) is 9.25. The van der Waals surface area contributed by atoms with E-state index in [9.17, 15) is 4.79 Å². The second kappa shape index (κ2) is 4.53. The van der Waals surface area contributed by atoms with Crippen molar-refractivity contribution in [3.63, 3.8) is 0 Å². The predicted molar refractivity (Wildman–Crippen MR) is 76.0 cm³/mol. The lowest BCUT2D eigenvalue weighted by molar-refractivity contribution is 0.104. The van der Waals surface area contributed by atoms with Gasteiger partial charge in [-0.25, -0.2) is 0 Å². The van der Waals surface area contributed by atoms with E-state index in [1.807, 2.05) is 24.3 Å². The Bertz CT molecular complexity index is 760. The molecule has 92 valence electrons. The maximum absolute atomic E-state index is 12.5. The number of carbonyl (C=O) groups is 1. The molecule has 0 spiro atoms. The Morgan fingerprint density at radius 2 is 1.89 bits per heavy atom. The molecule has 1 aromatic heterocycles. The molecule has 0 aliphatic carbocycles. The molecule has 0 aliphatic rings. The van der Waals surface area contributed by atoms with Gasteiger partial charge in [-0.1, -0.05) is 30.3 Å². The van der Waals surface area contributed by atoms with E-state index < -0.39 is 0 Å². The summed E-state index contributed by atoms with van der Waals surface area (Å²) in [5, 5.41) is 1.86. The van der Waals surface area contributed by atoms with E-state index in [1.165, 1.54) is 0 Å². The standard InChI is InChI=1S/C16H12N2O/c17-13-5-1-4-12(9-13)16(19)14-6-2-3-11-7-8-18-10-15(11)14/h1-10H,17H2. The van der Waals surface area contributed by atoms with Crippen LogP contribution in [0.5, 0.6) is 0 Å². The zero-order valence-electron chi connectivity index (χ0n) is 10.2. The summed E-state index contributed by atoms with van der Waals surface area (Å²) in [6.07, 6.45) is 3.44. The first-order valence-corrected chi connectivity index (χ1v) is 5.99. The predicted octanol–water partition coefficient (Wildman–Crippen LogP) is 3.05. The average Bonchev–Trinajstić information content (AvgIpc) is 2.46. The molecule has 3 nitrogen and oxygen atoms in total. The van der Waals surface area contributed by atoms with Gasteiger partial charge in [0.25, 0.3) is 0 Å². The highest BCUT2D eigenvalue weighted by Gasteiger charge is 2.12. The normalized spacial score (nSPS) is 10.5. The summed E-state index contributed by atoms with van der Waals surface area (Å²) < 4.78 is 0. The van der Waals surface area contributed by atoms with Crippen molar-refractivity contribution < 1.29 is 4.79 Å².